The number of hydrogen-bond donors (Lipinski definition) is 2. The molecule has 0 aliphatic heterocycles. The third kappa shape index (κ3) is 3.46. The van der Waals surface area contributed by atoms with Crippen molar-refractivity contribution in [3.63, 3.8) is 0 Å². The molecular formula is C13H26N4O2. The van der Waals surface area contributed by atoms with Gasteiger partial charge in [-0.3, -0.25) is 10.5 Å². The lowest BCUT2D eigenvalue weighted by Crippen LogP contribution is -2.41. The van der Waals surface area contributed by atoms with Gasteiger partial charge in [0.1, 0.15) is 5.69 Å². The molecule has 1 aromatic rings. The second-order valence-corrected chi connectivity index (χ2v) is 4.91. The maximum absolute atomic E-state index is 5.74. The highest BCUT2D eigenvalue weighted by Crippen LogP contribution is 2.30. The largest absolute Gasteiger partial charge is 0.493 e. The van der Waals surface area contributed by atoms with Crippen molar-refractivity contribution < 1.29 is 9.47 Å². The Morgan fingerprint density at radius 1 is 1.42 bits per heavy atom. The lowest BCUT2D eigenvalue weighted by Gasteiger charge is -2.29. The van der Waals surface area contributed by atoms with Crippen molar-refractivity contribution in [3.8, 4) is 5.75 Å². The highest BCUT2D eigenvalue weighted by Gasteiger charge is 2.30. The standard InChI is InChI=1S/C13H26N4O2/c1-6-7-17-12(10(18-4)8-15-17)11(16-14)13(19-5)9(2)3/h8-9,11,13,16H,6-7,14H2,1-5H3. The van der Waals surface area contributed by atoms with Gasteiger partial charge in [-0.05, 0) is 12.3 Å². The number of aryl methyl sites for hydroxylation is 1. The zero-order chi connectivity index (χ0) is 14.4. The molecule has 6 nitrogen and oxygen atoms in total. The maximum Gasteiger partial charge on any atom is 0.161 e. The Balaban J connectivity index is 3.17. The van der Waals surface area contributed by atoms with Gasteiger partial charge in [-0.25, -0.2) is 5.43 Å². The third-order valence-corrected chi connectivity index (χ3v) is 3.23. The number of nitrogens with two attached hydrogens (primary N) is 1. The number of hydrazine groups is 1. The van der Waals surface area contributed by atoms with Crippen molar-refractivity contribution in [3.05, 3.63) is 11.9 Å². The smallest absolute Gasteiger partial charge is 0.161 e. The molecule has 0 bridgehead atoms. The molecule has 1 rings (SSSR count). The normalized spacial score (nSPS) is 14.7. The molecule has 1 heterocycles. The molecule has 0 saturated carbocycles. The summed E-state index contributed by atoms with van der Waals surface area (Å²) < 4.78 is 12.9. The second kappa shape index (κ2) is 7.47. The van der Waals surface area contributed by atoms with Crippen LogP contribution in [-0.2, 0) is 11.3 Å². The van der Waals surface area contributed by atoms with Crippen molar-refractivity contribution in [2.45, 2.75) is 45.9 Å². The van der Waals surface area contributed by atoms with Crippen molar-refractivity contribution in [1.29, 1.82) is 0 Å². The summed E-state index contributed by atoms with van der Waals surface area (Å²) in [5.41, 5.74) is 3.78. The summed E-state index contributed by atoms with van der Waals surface area (Å²) in [4.78, 5) is 0. The summed E-state index contributed by atoms with van der Waals surface area (Å²) in [6.45, 7) is 7.14. The molecule has 110 valence electrons. The number of nitrogens with zero attached hydrogens (tertiary/aromatic N) is 2. The van der Waals surface area contributed by atoms with Crippen LogP contribution in [0.15, 0.2) is 6.20 Å². The zero-order valence-corrected chi connectivity index (χ0v) is 12.5. The van der Waals surface area contributed by atoms with Crippen LogP contribution in [0.5, 0.6) is 5.75 Å². The van der Waals surface area contributed by atoms with Crippen molar-refractivity contribution in [2.24, 2.45) is 11.8 Å². The van der Waals surface area contributed by atoms with Gasteiger partial charge in [0.15, 0.2) is 5.75 Å². The van der Waals surface area contributed by atoms with Gasteiger partial charge in [-0.15, -0.1) is 0 Å². The van der Waals surface area contributed by atoms with E-state index < -0.39 is 0 Å². The highest BCUT2D eigenvalue weighted by atomic mass is 16.5. The van der Waals surface area contributed by atoms with Gasteiger partial charge in [0.2, 0.25) is 0 Å². The fraction of sp³-hybridized carbons (Fsp3) is 0.769. The lowest BCUT2D eigenvalue weighted by molar-refractivity contribution is 0.0293. The molecule has 2 atom stereocenters. The monoisotopic (exact) mass is 270 g/mol. The van der Waals surface area contributed by atoms with Crippen LogP contribution < -0.4 is 16.0 Å². The van der Waals surface area contributed by atoms with E-state index in [0.29, 0.717) is 5.92 Å². The number of ether oxygens (including phenoxy) is 2. The van der Waals surface area contributed by atoms with E-state index in [9.17, 15) is 0 Å². The molecule has 0 aromatic carbocycles. The minimum absolute atomic E-state index is 0.0498. The first-order valence-electron chi connectivity index (χ1n) is 6.69. The molecule has 0 aliphatic rings. The van der Waals surface area contributed by atoms with E-state index in [1.807, 2.05) is 4.68 Å². The molecular weight excluding hydrogens is 244 g/mol. The van der Waals surface area contributed by atoms with E-state index in [-0.39, 0.29) is 12.1 Å². The summed E-state index contributed by atoms with van der Waals surface area (Å²) in [5, 5.41) is 4.36. The Bertz CT molecular complexity index is 379. The average molecular weight is 270 g/mol. The molecule has 6 heteroatoms. The number of hydrogen-bond acceptors (Lipinski definition) is 5. The number of rotatable bonds is 8. The van der Waals surface area contributed by atoms with Crippen molar-refractivity contribution >= 4 is 0 Å². The Hall–Kier alpha value is -1.11. The van der Waals surface area contributed by atoms with Crippen molar-refractivity contribution in [2.75, 3.05) is 14.2 Å². The summed E-state index contributed by atoms with van der Waals surface area (Å²) in [6, 6.07) is -0.158. The molecule has 0 amide bonds. The van der Waals surface area contributed by atoms with Gasteiger partial charge < -0.3 is 9.47 Å². The predicted molar refractivity (Wildman–Crippen MR) is 74.8 cm³/mol. The molecule has 0 spiro atoms. The third-order valence-electron chi connectivity index (χ3n) is 3.23. The predicted octanol–water partition coefficient (Wildman–Crippen LogP) is 1.48. The van der Waals surface area contributed by atoms with Crippen LogP contribution in [0.4, 0.5) is 0 Å². The van der Waals surface area contributed by atoms with Crippen LogP contribution in [-0.4, -0.2) is 30.1 Å². The topological polar surface area (TPSA) is 74.3 Å². The first-order chi connectivity index (χ1) is 9.10. The minimum atomic E-state index is -0.158. The van der Waals surface area contributed by atoms with Gasteiger partial charge in [0.05, 0.1) is 25.5 Å². The summed E-state index contributed by atoms with van der Waals surface area (Å²) in [6.07, 6.45) is 2.67. The van der Waals surface area contributed by atoms with Gasteiger partial charge in [-0.2, -0.15) is 5.10 Å². The maximum atomic E-state index is 5.74. The second-order valence-electron chi connectivity index (χ2n) is 4.91. The molecule has 0 aliphatic carbocycles. The number of methoxy groups -OCH3 is 2. The van der Waals surface area contributed by atoms with Crippen molar-refractivity contribution in [1.82, 2.24) is 15.2 Å². The SMILES string of the molecule is CCCn1ncc(OC)c1C(NN)C(OC)C(C)C. The van der Waals surface area contributed by atoms with Crippen LogP contribution >= 0.6 is 0 Å². The van der Waals surface area contributed by atoms with Crippen LogP contribution in [0.3, 0.4) is 0 Å². The molecule has 2 unspecified atom stereocenters. The molecule has 0 saturated heterocycles. The molecule has 3 N–H and O–H groups in total. The number of nitrogens with one attached hydrogen (secondary N) is 1. The summed E-state index contributed by atoms with van der Waals surface area (Å²) >= 11 is 0. The fourth-order valence-corrected chi connectivity index (χ4v) is 2.36. The number of aromatic nitrogens is 2. The van der Waals surface area contributed by atoms with Crippen LogP contribution in [0.2, 0.25) is 0 Å². The van der Waals surface area contributed by atoms with E-state index in [2.05, 4.69) is 31.3 Å². The van der Waals surface area contributed by atoms with Crippen LogP contribution in [0, 0.1) is 5.92 Å². The van der Waals surface area contributed by atoms with Crippen LogP contribution in [0.1, 0.15) is 38.9 Å². The molecule has 0 radical (unpaired) electrons. The minimum Gasteiger partial charge on any atom is -0.493 e. The summed E-state index contributed by atoms with van der Waals surface area (Å²) in [7, 11) is 3.34. The van der Waals surface area contributed by atoms with E-state index in [0.717, 1.165) is 24.4 Å². The molecule has 19 heavy (non-hydrogen) atoms. The van der Waals surface area contributed by atoms with E-state index in [1.54, 1.807) is 20.4 Å². The van der Waals surface area contributed by atoms with E-state index in [1.165, 1.54) is 0 Å². The van der Waals surface area contributed by atoms with E-state index in [4.69, 9.17) is 15.3 Å². The quantitative estimate of drug-likeness (QED) is 0.553. The van der Waals surface area contributed by atoms with Gasteiger partial charge in [0.25, 0.3) is 0 Å². The average Bonchev–Trinajstić information content (AvgIpc) is 2.78. The fourth-order valence-electron chi connectivity index (χ4n) is 2.36. The lowest BCUT2D eigenvalue weighted by atomic mass is 9.97. The Kier molecular flexibility index (Phi) is 6.27. The Labute approximate surface area is 115 Å². The Morgan fingerprint density at radius 2 is 2.11 bits per heavy atom. The molecule has 1 aromatic heterocycles. The zero-order valence-electron chi connectivity index (χ0n) is 12.5. The highest BCUT2D eigenvalue weighted by molar-refractivity contribution is 5.29. The van der Waals surface area contributed by atoms with E-state index >= 15 is 0 Å². The van der Waals surface area contributed by atoms with Gasteiger partial charge in [-0.1, -0.05) is 20.8 Å². The Morgan fingerprint density at radius 3 is 2.53 bits per heavy atom. The van der Waals surface area contributed by atoms with Gasteiger partial charge in [0, 0.05) is 13.7 Å². The molecule has 0 fully saturated rings. The first kappa shape index (κ1) is 15.9. The van der Waals surface area contributed by atoms with Crippen LogP contribution in [0.25, 0.3) is 0 Å². The summed E-state index contributed by atoms with van der Waals surface area (Å²) in [5.74, 6) is 6.80. The van der Waals surface area contributed by atoms with Gasteiger partial charge >= 0.3 is 0 Å². The first-order valence-corrected chi connectivity index (χ1v) is 6.69.